The Bertz CT molecular complexity index is 1510. The molecule has 3 N–H and O–H groups in total. The highest BCUT2D eigenvalue weighted by Gasteiger charge is 2.49. The van der Waals surface area contributed by atoms with Crippen LogP contribution in [0, 0.1) is 0 Å². The van der Waals surface area contributed by atoms with Gasteiger partial charge >= 0.3 is 0 Å². The number of aromatic nitrogens is 2. The summed E-state index contributed by atoms with van der Waals surface area (Å²) in [7, 11) is -3.57. The van der Waals surface area contributed by atoms with Crippen LogP contribution >= 0.6 is 11.6 Å². The van der Waals surface area contributed by atoms with Crippen molar-refractivity contribution in [2.24, 2.45) is 0 Å². The zero-order chi connectivity index (χ0) is 29.1. The summed E-state index contributed by atoms with van der Waals surface area (Å²) >= 11 is 6.19. The summed E-state index contributed by atoms with van der Waals surface area (Å²) in [5.74, 6) is -1.59. The molecule has 1 fully saturated rings. The first-order valence-corrected chi connectivity index (χ1v) is 15.4. The molecule has 0 saturated heterocycles. The Balaban J connectivity index is 1.55. The Labute approximate surface area is 242 Å². The molecule has 2 aromatic carbocycles. The highest BCUT2D eigenvalue weighted by Crippen LogP contribution is 2.46. The number of hydroxylamine groups is 1. The number of hydrogen-bond donors (Lipinski definition) is 3. The number of carbonyl (C=O) groups excluding carboxylic acids is 2. The van der Waals surface area contributed by atoms with Crippen molar-refractivity contribution in [3.05, 3.63) is 82.0 Å². The third-order valence-electron chi connectivity index (χ3n) is 7.34. The fourth-order valence-electron chi connectivity index (χ4n) is 5.72. The van der Waals surface area contributed by atoms with Crippen LogP contribution in [0.2, 0.25) is 5.02 Å². The van der Waals surface area contributed by atoms with Crippen molar-refractivity contribution in [1.82, 2.24) is 25.2 Å². The first-order chi connectivity index (χ1) is 19.7. The minimum absolute atomic E-state index is 0.0119. The standard InChI is InChI=1S/C27H30ClN5O7S/c1-41(37,38)32-20-8-4-5-9-21(20)33-25(16-10-12-17(28)13-11-16)24(18-6-2-3-7-19(18)27(33)36)26(35)31-39-15-22-29-23(14-34)40-30-22/h2-3,6-7,10-13,20-21,24-25,32,34H,4-5,8-9,14-15H2,1H3,(H,31,35)/t20-,21?,24+,25-/m0/s1. The lowest BCUT2D eigenvalue weighted by Crippen LogP contribution is -2.59. The van der Waals surface area contributed by atoms with Crippen LogP contribution in [0.4, 0.5) is 0 Å². The molecule has 0 spiro atoms. The van der Waals surface area contributed by atoms with Crippen LogP contribution in [0.1, 0.15) is 70.8 Å². The molecule has 5 rings (SSSR count). The van der Waals surface area contributed by atoms with E-state index >= 15 is 0 Å². The van der Waals surface area contributed by atoms with Crippen LogP contribution in [0.15, 0.2) is 53.1 Å². The minimum Gasteiger partial charge on any atom is -0.387 e. The van der Waals surface area contributed by atoms with Crippen molar-refractivity contribution in [3.8, 4) is 0 Å². The number of nitrogens with one attached hydrogen (secondary N) is 2. The summed E-state index contributed by atoms with van der Waals surface area (Å²) in [6.45, 7) is -0.651. The van der Waals surface area contributed by atoms with E-state index in [1.165, 1.54) is 0 Å². The van der Waals surface area contributed by atoms with E-state index in [0.717, 1.165) is 19.1 Å². The number of nitrogens with zero attached hydrogens (tertiary/aromatic N) is 3. The summed E-state index contributed by atoms with van der Waals surface area (Å²) in [5, 5.41) is 13.3. The molecule has 14 heteroatoms. The van der Waals surface area contributed by atoms with Gasteiger partial charge in [-0.15, -0.1) is 0 Å². The number of halogens is 1. The Morgan fingerprint density at radius 2 is 1.90 bits per heavy atom. The van der Waals surface area contributed by atoms with Gasteiger partial charge in [0.25, 0.3) is 17.7 Å². The van der Waals surface area contributed by atoms with Gasteiger partial charge in [0.2, 0.25) is 10.0 Å². The average molecular weight is 604 g/mol. The predicted octanol–water partition coefficient (Wildman–Crippen LogP) is 2.60. The highest BCUT2D eigenvalue weighted by atomic mass is 35.5. The van der Waals surface area contributed by atoms with Crippen LogP contribution in [0.5, 0.6) is 0 Å². The molecule has 4 atom stereocenters. The molecule has 1 aliphatic heterocycles. The number of aliphatic hydroxyl groups excluding tert-OH is 1. The van der Waals surface area contributed by atoms with E-state index in [4.69, 9.17) is 26.1 Å². The molecule has 2 aliphatic rings. The first-order valence-electron chi connectivity index (χ1n) is 13.1. The molecule has 1 aliphatic carbocycles. The highest BCUT2D eigenvalue weighted by molar-refractivity contribution is 7.88. The summed E-state index contributed by atoms with van der Waals surface area (Å²) in [6, 6.07) is 12.0. The topological polar surface area (TPSA) is 164 Å². The second kappa shape index (κ2) is 12.2. The van der Waals surface area contributed by atoms with Crippen molar-refractivity contribution < 1.29 is 32.5 Å². The lowest BCUT2D eigenvalue weighted by atomic mass is 9.76. The van der Waals surface area contributed by atoms with Gasteiger partial charge in [0.05, 0.1) is 18.2 Å². The molecule has 1 unspecified atom stereocenters. The van der Waals surface area contributed by atoms with E-state index in [1.54, 1.807) is 53.4 Å². The van der Waals surface area contributed by atoms with Crippen LogP contribution in [-0.4, -0.2) is 58.7 Å². The number of aliphatic hydroxyl groups is 1. The lowest BCUT2D eigenvalue weighted by molar-refractivity contribution is -0.138. The third kappa shape index (κ3) is 6.44. The third-order valence-corrected chi connectivity index (χ3v) is 8.32. The second-order valence-corrected chi connectivity index (χ2v) is 12.4. The molecule has 2 heterocycles. The van der Waals surface area contributed by atoms with E-state index in [1.807, 2.05) is 0 Å². The molecular weight excluding hydrogens is 574 g/mol. The normalized spacial score (nSPS) is 22.8. The molecule has 12 nitrogen and oxygen atoms in total. The quantitative estimate of drug-likeness (QED) is 0.312. The number of sulfonamides is 1. The Morgan fingerprint density at radius 1 is 1.17 bits per heavy atom. The van der Waals surface area contributed by atoms with Gasteiger partial charge in [-0.1, -0.05) is 59.9 Å². The number of carbonyl (C=O) groups is 2. The molecule has 2 amide bonds. The Hall–Kier alpha value is -3.36. The minimum atomic E-state index is -3.57. The first kappa shape index (κ1) is 29.1. The van der Waals surface area contributed by atoms with Crippen molar-refractivity contribution in [1.29, 1.82) is 0 Å². The Kier molecular flexibility index (Phi) is 8.71. The largest absolute Gasteiger partial charge is 0.387 e. The van der Waals surface area contributed by atoms with Crippen LogP contribution in [0.3, 0.4) is 0 Å². The molecule has 41 heavy (non-hydrogen) atoms. The number of hydrogen-bond acceptors (Lipinski definition) is 9. The summed E-state index contributed by atoms with van der Waals surface area (Å²) in [5.41, 5.74) is 4.00. The van der Waals surface area contributed by atoms with Gasteiger partial charge in [-0.3, -0.25) is 14.4 Å². The van der Waals surface area contributed by atoms with Gasteiger partial charge in [-0.25, -0.2) is 18.6 Å². The van der Waals surface area contributed by atoms with E-state index < -0.39 is 46.6 Å². The average Bonchev–Trinajstić information content (AvgIpc) is 3.41. The number of benzene rings is 2. The van der Waals surface area contributed by atoms with Gasteiger partial charge in [-0.05, 0) is 42.2 Å². The van der Waals surface area contributed by atoms with Crippen LogP contribution in [-0.2, 0) is 32.9 Å². The summed E-state index contributed by atoms with van der Waals surface area (Å²) < 4.78 is 32.1. The number of fused-ring (bicyclic) bond motifs is 1. The van der Waals surface area contributed by atoms with Crippen molar-refractivity contribution >= 4 is 33.4 Å². The van der Waals surface area contributed by atoms with Crippen LogP contribution in [0.25, 0.3) is 0 Å². The van der Waals surface area contributed by atoms with Crippen molar-refractivity contribution in [2.45, 2.75) is 62.9 Å². The fraction of sp³-hybridized carbons (Fsp3) is 0.407. The van der Waals surface area contributed by atoms with Crippen molar-refractivity contribution in [3.63, 3.8) is 0 Å². The number of amides is 2. The molecular formula is C27H30ClN5O7S. The monoisotopic (exact) mass is 603 g/mol. The van der Waals surface area contributed by atoms with Gasteiger partial charge in [-0.2, -0.15) is 4.98 Å². The zero-order valence-corrected chi connectivity index (χ0v) is 23.8. The molecule has 1 saturated carbocycles. The molecule has 0 radical (unpaired) electrons. The number of rotatable bonds is 9. The molecule has 1 aromatic heterocycles. The molecule has 3 aromatic rings. The zero-order valence-electron chi connectivity index (χ0n) is 22.2. The van der Waals surface area contributed by atoms with Crippen molar-refractivity contribution in [2.75, 3.05) is 6.26 Å². The Morgan fingerprint density at radius 3 is 2.61 bits per heavy atom. The molecule has 0 bridgehead atoms. The van der Waals surface area contributed by atoms with E-state index in [0.29, 0.717) is 34.6 Å². The van der Waals surface area contributed by atoms with E-state index in [2.05, 4.69) is 20.3 Å². The molecule has 218 valence electrons. The van der Waals surface area contributed by atoms with Gasteiger partial charge < -0.3 is 14.5 Å². The predicted molar refractivity (Wildman–Crippen MR) is 147 cm³/mol. The summed E-state index contributed by atoms with van der Waals surface area (Å²) in [4.78, 5) is 39.1. The van der Waals surface area contributed by atoms with E-state index in [9.17, 15) is 18.0 Å². The lowest BCUT2D eigenvalue weighted by Gasteiger charge is -2.49. The van der Waals surface area contributed by atoms with Gasteiger partial charge in [0.15, 0.2) is 5.82 Å². The second-order valence-electron chi connectivity index (χ2n) is 10.1. The van der Waals surface area contributed by atoms with Gasteiger partial charge in [0.1, 0.15) is 13.2 Å². The maximum absolute atomic E-state index is 14.2. The fourth-order valence-corrected chi connectivity index (χ4v) is 6.67. The maximum Gasteiger partial charge on any atom is 0.255 e. The van der Waals surface area contributed by atoms with E-state index in [-0.39, 0.29) is 24.2 Å². The summed E-state index contributed by atoms with van der Waals surface area (Å²) in [6.07, 6.45) is 3.81. The van der Waals surface area contributed by atoms with Crippen LogP contribution < -0.4 is 10.2 Å². The van der Waals surface area contributed by atoms with Gasteiger partial charge in [0, 0.05) is 22.7 Å². The SMILES string of the molecule is CS(=O)(=O)N[C@H]1CCCCC1N1C(=O)c2ccccc2[C@@H](C(=O)NOCc2noc(CO)n2)[C@@H]1c1ccc(Cl)cc1. The smallest absolute Gasteiger partial charge is 0.255 e. The maximum atomic E-state index is 14.2.